The van der Waals surface area contributed by atoms with E-state index < -0.39 is 17.7 Å². The monoisotopic (exact) mass is 349 g/mol. The first-order valence-corrected chi connectivity index (χ1v) is 7.86. The van der Waals surface area contributed by atoms with E-state index in [0.29, 0.717) is 29.0 Å². The molecule has 9 nitrogen and oxygen atoms in total. The van der Waals surface area contributed by atoms with Crippen LogP contribution < -0.4 is 10.6 Å². The summed E-state index contributed by atoms with van der Waals surface area (Å²) in [7, 11) is 1.75. The van der Waals surface area contributed by atoms with E-state index in [9.17, 15) is 14.7 Å². The third-order valence-electron chi connectivity index (χ3n) is 3.35. The summed E-state index contributed by atoms with van der Waals surface area (Å²) in [6.45, 7) is 7.73. The van der Waals surface area contributed by atoms with Gasteiger partial charge in [-0.2, -0.15) is 5.10 Å². The van der Waals surface area contributed by atoms with Gasteiger partial charge in [0.25, 0.3) is 0 Å². The van der Waals surface area contributed by atoms with Crippen molar-refractivity contribution in [2.75, 3.05) is 18.4 Å². The number of aromatic nitrogens is 3. The van der Waals surface area contributed by atoms with Crippen LogP contribution in [0.3, 0.4) is 0 Å². The van der Waals surface area contributed by atoms with Crippen molar-refractivity contribution in [3.63, 3.8) is 0 Å². The van der Waals surface area contributed by atoms with E-state index >= 15 is 0 Å². The third-order valence-corrected chi connectivity index (χ3v) is 3.35. The Labute approximate surface area is 145 Å². The molecule has 0 atom stereocenters. The molecule has 0 aliphatic rings. The molecule has 0 saturated carbocycles. The zero-order valence-electron chi connectivity index (χ0n) is 15.0. The van der Waals surface area contributed by atoms with Gasteiger partial charge in [0, 0.05) is 26.3 Å². The molecule has 0 spiro atoms. The summed E-state index contributed by atoms with van der Waals surface area (Å²) in [5.74, 6) is -1.08. The molecule has 0 radical (unpaired) electrons. The fourth-order valence-electron chi connectivity index (χ4n) is 2.42. The second kappa shape index (κ2) is 6.96. The molecule has 0 fully saturated rings. The number of aryl methyl sites for hydroxylation is 2. The number of nitrogens with zero attached hydrogens (tertiary/aromatic N) is 3. The summed E-state index contributed by atoms with van der Waals surface area (Å²) < 4.78 is 6.75. The first kappa shape index (κ1) is 18.5. The van der Waals surface area contributed by atoms with E-state index in [-0.39, 0.29) is 12.1 Å². The van der Waals surface area contributed by atoms with Crippen LogP contribution in [0.2, 0.25) is 0 Å². The van der Waals surface area contributed by atoms with Gasteiger partial charge < -0.3 is 20.5 Å². The largest absolute Gasteiger partial charge is 0.478 e. The van der Waals surface area contributed by atoms with Gasteiger partial charge in [0.1, 0.15) is 11.2 Å². The number of carboxylic acid groups (broad SMARTS) is 1. The number of alkyl carbamates (subject to hydrolysis) is 1. The van der Waals surface area contributed by atoms with Crippen LogP contribution in [0.4, 0.5) is 10.5 Å². The SMILES string of the molecule is Cc1nn(C)c2ncc(C(=O)O)c(NCCNC(=O)OC(C)(C)C)c12. The van der Waals surface area contributed by atoms with Crippen LogP contribution in [0.25, 0.3) is 11.0 Å². The minimum absolute atomic E-state index is 0.0564. The quantitative estimate of drug-likeness (QED) is 0.706. The molecule has 0 saturated heterocycles. The van der Waals surface area contributed by atoms with E-state index in [4.69, 9.17) is 4.74 Å². The maximum absolute atomic E-state index is 11.6. The summed E-state index contributed by atoms with van der Waals surface area (Å²) in [5, 5.41) is 20.0. The second-order valence-electron chi connectivity index (χ2n) is 6.62. The Balaban J connectivity index is 2.13. The number of carbonyl (C=O) groups is 2. The zero-order chi connectivity index (χ0) is 18.8. The molecular formula is C16H23N5O4. The van der Waals surface area contributed by atoms with E-state index in [1.54, 1.807) is 39.4 Å². The third kappa shape index (κ3) is 4.37. The number of hydrogen-bond donors (Lipinski definition) is 3. The van der Waals surface area contributed by atoms with E-state index in [2.05, 4.69) is 20.7 Å². The molecule has 2 heterocycles. The number of nitrogens with one attached hydrogen (secondary N) is 2. The Morgan fingerprint density at radius 3 is 2.60 bits per heavy atom. The van der Waals surface area contributed by atoms with Crippen LogP contribution in [0.15, 0.2) is 6.20 Å². The summed E-state index contributed by atoms with van der Waals surface area (Å²) in [6, 6.07) is 0. The molecule has 0 bridgehead atoms. The lowest BCUT2D eigenvalue weighted by Gasteiger charge is -2.20. The van der Waals surface area contributed by atoms with Crippen LogP contribution in [-0.4, -0.2) is 50.6 Å². The molecule has 1 amide bonds. The lowest BCUT2D eigenvalue weighted by Crippen LogP contribution is -2.35. The molecule has 0 aliphatic heterocycles. The molecule has 0 aliphatic carbocycles. The molecule has 0 aromatic carbocycles. The number of carboxylic acids is 1. The minimum Gasteiger partial charge on any atom is -0.478 e. The molecule has 9 heteroatoms. The molecule has 2 aromatic heterocycles. The average Bonchev–Trinajstić information content (AvgIpc) is 2.76. The van der Waals surface area contributed by atoms with E-state index in [1.165, 1.54) is 6.20 Å². The Morgan fingerprint density at radius 2 is 2.00 bits per heavy atom. The normalized spacial score (nSPS) is 11.4. The van der Waals surface area contributed by atoms with Crippen LogP contribution in [-0.2, 0) is 11.8 Å². The lowest BCUT2D eigenvalue weighted by atomic mass is 10.1. The Hall–Kier alpha value is -2.84. The van der Waals surface area contributed by atoms with Gasteiger partial charge in [-0.15, -0.1) is 0 Å². The van der Waals surface area contributed by atoms with Crippen LogP contribution in [0.5, 0.6) is 0 Å². The zero-order valence-corrected chi connectivity index (χ0v) is 15.0. The van der Waals surface area contributed by atoms with Gasteiger partial charge in [-0.05, 0) is 27.7 Å². The number of aromatic carboxylic acids is 1. The van der Waals surface area contributed by atoms with Crippen LogP contribution in [0.1, 0.15) is 36.8 Å². The number of carbonyl (C=O) groups excluding carboxylic acids is 1. The number of rotatable bonds is 5. The van der Waals surface area contributed by atoms with Gasteiger partial charge in [-0.1, -0.05) is 0 Å². The number of anilines is 1. The van der Waals surface area contributed by atoms with Crippen molar-refractivity contribution < 1.29 is 19.4 Å². The number of fused-ring (bicyclic) bond motifs is 1. The Kier molecular flexibility index (Phi) is 5.15. The second-order valence-corrected chi connectivity index (χ2v) is 6.62. The van der Waals surface area contributed by atoms with Crippen molar-refractivity contribution in [2.24, 2.45) is 7.05 Å². The van der Waals surface area contributed by atoms with Gasteiger partial charge in [0.15, 0.2) is 5.65 Å². The molecule has 136 valence electrons. The topological polar surface area (TPSA) is 118 Å². The van der Waals surface area contributed by atoms with E-state index in [0.717, 1.165) is 0 Å². The highest BCUT2D eigenvalue weighted by molar-refractivity contribution is 6.04. The van der Waals surface area contributed by atoms with Crippen molar-refractivity contribution in [1.82, 2.24) is 20.1 Å². The average molecular weight is 349 g/mol. The first-order chi connectivity index (χ1) is 11.6. The number of ether oxygens (including phenoxy) is 1. The highest BCUT2D eigenvalue weighted by Crippen LogP contribution is 2.28. The molecule has 2 aromatic rings. The predicted molar refractivity (Wildman–Crippen MR) is 92.9 cm³/mol. The maximum atomic E-state index is 11.6. The summed E-state index contributed by atoms with van der Waals surface area (Å²) >= 11 is 0. The minimum atomic E-state index is -1.08. The van der Waals surface area contributed by atoms with Crippen molar-refractivity contribution in [3.8, 4) is 0 Å². The van der Waals surface area contributed by atoms with Gasteiger partial charge >= 0.3 is 12.1 Å². The van der Waals surface area contributed by atoms with Crippen molar-refractivity contribution in [1.29, 1.82) is 0 Å². The van der Waals surface area contributed by atoms with Gasteiger partial charge in [0.2, 0.25) is 0 Å². The van der Waals surface area contributed by atoms with Crippen molar-refractivity contribution >= 4 is 28.8 Å². The van der Waals surface area contributed by atoms with Crippen molar-refractivity contribution in [3.05, 3.63) is 17.5 Å². The number of amides is 1. The Bertz CT molecular complexity index is 807. The van der Waals surface area contributed by atoms with Crippen LogP contribution >= 0.6 is 0 Å². The summed E-state index contributed by atoms with van der Waals surface area (Å²) in [6.07, 6.45) is 0.778. The van der Waals surface area contributed by atoms with Crippen LogP contribution in [0, 0.1) is 6.92 Å². The maximum Gasteiger partial charge on any atom is 0.407 e. The number of pyridine rings is 1. The first-order valence-electron chi connectivity index (χ1n) is 7.86. The fraction of sp³-hybridized carbons (Fsp3) is 0.500. The standard InChI is InChI=1S/C16H23N5O4/c1-9-11-12(17-6-7-18-15(24)25-16(2,3)4)10(14(22)23)8-19-13(11)21(5)20-9/h8H,6-7H2,1-5H3,(H,17,19)(H,18,24)(H,22,23). The molecule has 0 unspecified atom stereocenters. The van der Waals surface area contributed by atoms with Gasteiger partial charge in [-0.3, -0.25) is 4.68 Å². The summed E-state index contributed by atoms with van der Waals surface area (Å²) in [4.78, 5) is 27.3. The van der Waals surface area contributed by atoms with Crippen molar-refractivity contribution in [2.45, 2.75) is 33.3 Å². The summed E-state index contributed by atoms with van der Waals surface area (Å²) in [5.41, 5.74) is 1.19. The number of hydrogen-bond acceptors (Lipinski definition) is 6. The highest BCUT2D eigenvalue weighted by atomic mass is 16.6. The molecule has 3 N–H and O–H groups in total. The van der Waals surface area contributed by atoms with Gasteiger partial charge in [-0.25, -0.2) is 14.6 Å². The molecule has 2 rings (SSSR count). The smallest absolute Gasteiger partial charge is 0.407 e. The fourth-order valence-corrected chi connectivity index (χ4v) is 2.42. The van der Waals surface area contributed by atoms with Gasteiger partial charge in [0.05, 0.1) is 16.8 Å². The molecular weight excluding hydrogens is 326 g/mol. The molecule has 25 heavy (non-hydrogen) atoms. The highest BCUT2D eigenvalue weighted by Gasteiger charge is 2.19. The Morgan fingerprint density at radius 1 is 1.32 bits per heavy atom. The predicted octanol–water partition coefficient (Wildman–Crippen LogP) is 1.91. The lowest BCUT2D eigenvalue weighted by molar-refractivity contribution is 0.0529. The van der Waals surface area contributed by atoms with E-state index in [1.807, 2.05) is 0 Å².